The van der Waals surface area contributed by atoms with Crippen LogP contribution in [0.1, 0.15) is 62.8 Å². The molecule has 3 aromatic carbocycles. The van der Waals surface area contributed by atoms with Crippen molar-refractivity contribution in [2.45, 2.75) is 84.0 Å². The lowest BCUT2D eigenvalue weighted by atomic mass is 9.74. The molecule has 11 heteroatoms. The average molecular weight is 675 g/mol. The van der Waals surface area contributed by atoms with Gasteiger partial charge < -0.3 is 35.2 Å². The quantitative estimate of drug-likeness (QED) is 0.131. The summed E-state index contributed by atoms with van der Waals surface area (Å²) in [5.74, 6) is -2.53. The molecule has 0 radical (unpaired) electrons. The van der Waals surface area contributed by atoms with Crippen molar-refractivity contribution in [2.75, 3.05) is 30.0 Å². The van der Waals surface area contributed by atoms with Gasteiger partial charge in [-0.15, -0.1) is 0 Å². The van der Waals surface area contributed by atoms with E-state index < -0.39 is 43.9 Å². The Morgan fingerprint density at radius 1 is 0.938 bits per heavy atom. The Kier molecular flexibility index (Phi) is 11.5. The Hall–Kier alpha value is -4.03. The van der Waals surface area contributed by atoms with Crippen LogP contribution in [0.25, 0.3) is 0 Å². The Labute approximate surface area is 285 Å². The van der Waals surface area contributed by atoms with Gasteiger partial charge in [0.25, 0.3) is 5.91 Å². The van der Waals surface area contributed by atoms with Gasteiger partial charge in [0.05, 0.1) is 24.8 Å². The van der Waals surface area contributed by atoms with Crippen molar-refractivity contribution >= 4 is 37.5 Å². The highest BCUT2D eigenvalue weighted by Crippen LogP contribution is 2.48. The van der Waals surface area contributed by atoms with Crippen molar-refractivity contribution in [3.8, 4) is 0 Å². The lowest BCUT2D eigenvalue weighted by molar-refractivity contribution is -0.139. The first kappa shape index (κ1) is 36.8. The molecule has 1 aliphatic rings. The first-order valence-electron chi connectivity index (χ1n) is 16.5. The van der Waals surface area contributed by atoms with Gasteiger partial charge in [-0.3, -0.25) is 9.59 Å². The molecule has 4 N–H and O–H groups in total. The molecule has 1 aliphatic heterocycles. The number of hydrogen-bond acceptors (Lipinski definition) is 6. The number of nitrogens with one attached hydrogen (secondary N) is 2. The minimum atomic E-state index is -1.94. The van der Waals surface area contributed by atoms with Crippen LogP contribution >= 0.6 is 0 Å². The maximum absolute atomic E-state index is 14.8. The van der Waals surface area contributed by atoms with E-state index in [9.17, 15) is 14.4 Å². The number of benzene rings is 3. The number of nitrogens with zero attached hydrogens (tertiary/aromatic N) is 1. The summed E-state index contributed by atoms with van der Waals surface area (Å²) in [5.41, 5.74) is 8.17. The van der Waals surface area contributed by atoms with Gasteiger partial charge in [-0.2, -0.15) is 0 Å². The summed E-state index contributed by atoms with van der Waals surface area (Å²) in [6.07, 6.45) is -0.729. The van der Waals surface area contributed by atoms with Crippen LogP contribution in [0.3, 0.4) is 0 Å². The van der Waals surface area contributed by atoms with Crippen LogP contribution in [0.15, 0.2) is 72.8 Å². The average Bonchev–Trinajstić information content (AvgIpc) is 3.24. The fourth-order valence-electron chi connectivity index (χ4n) is 5.70. The van der Waals surface area contributed by atoms with Gasteiger partial charge >= 0.3 is 6.03 Å². The summed E-state index contributed by atoms with van der Waals surface area (Å²) in [7, 11) is -1.94. The van der Waals surface area contributed by atoms with Crippen LogP contribution in [0.2, 0.25) is 18.1 Å². The molecule has 0 fully saturated rings. The number of fused-ring (bicyclic) bond motifs is 1. The second-order valence-corrected chi connectivity index (χ2v) is 18.5. The van der Waals surface area contributed by atoms with Crippen LogP contribution in [0, 0.1) is 6.92 Å². The van der Waals surface area contributed by atoms with E-state index in [0.29, 0.717) is 42.3 Å². The van der Waals surface area contributed by atoms with E-state index in [1.807, 2.05) is 45.0 Å². The maximum atomic E-state index is 14.8. The summed E-state index contributed by atoms with van der Waals surface area (Å²) in [6.45, 7) is 17.9. The molecule has 4 rings (SSSR count). The molecule has 4 amide bonds. The number of hydrogen-bond donors (Lipinski definition) is 3. The van der Waals surface area contributed by atoms with Crippen LogP contribution < -0.4 is 21.3 Å². The standard InChI is InChI=1S/C37H50N4O6Si/c1-9-45-31(46-10-2)23-41-30-14-12-11-13-29(30)37(34(41)43,32(33(38)42)27-19-15-25(3)16-20-27)40-35(44)39-28-21-17-26(18-22-28)24-47-48(7,8)36(4,5)6/h11-22,31-32H,9-10,23-24H2,1-8H3,(H2,38,42)(H2,39,40,44). The van der Waals surface area contributed by atoms with E-state index in [-0.39, 0.29) is 11.6 Å². The van der Waals surface area contributed by atoms with E-state index in [0.717, 1.165) is 11.1 Å². The van der Waals surface area contributed by atoms with E-state index in [2.05, 4.69) is 44.5 Å². The molecular weight excluding hydrogens is 625 g/mol. The number of amides is 4. The molecule has 258 valence electrons. The number of rotatable bonds is 14. The zero-order valence-corrected chi connectivity index (χ0v) is 30.4. The number of nitrogens with two attached hydrogens (primary N) is 1. The van der Waals surface area contributed by atoms with Crippen LogP contribution in [-0.2, 0) is 35.6 Å². The number of para-hydroxylation sites is 1. The maximum Gasteiger partial charge on any atom is 0.320 e. The molecule has 0 saturated carbocycles. The number of aryl methyl sites for hydroxylation is 1. The van der Waals surface area contributed by atoms with Gasteiger partial charge in [0, 0.05) is 24.5 Å². The zero-order valence-electron chi connectivity index (χ0n) is 29.4. The molecule has 2 unspecified atom stereocenters. The van der Waals surface area contributed by atoms with Crippen molar-refractivity contribution in [1.82, 2.24) is 5.32 Å². The number of ether oxygens (including phenoxy) is 2. The lowest BCUT2D eigenvalue weighted by Crippen LogP contribution is -2.60. The molecule has 48 heavy (non-hydrogen) atoms. The number of anilines is 2. The van der Waals surface area contributed by atoms with E-state index in [1.54, 1.807) is 48.5 Å². The van der Waals surface area contributed by atoms with E-state index in [4.69, 9.17) is 19.6 Å². The number of primary amides is 1. The second-order valence-electron chi connectivity index (χ2n) is 13.7. The van der Waals surface area contributed by atoms with Crippen molar-refractivity contribution in [3.63, 3.8) is 0 Å². The fraction of sp³-hybridized carbons (Fsp3) is 0.432. The minimum absolute atomic E-state index is 0.0420. The molecule has 2 atom stereocenters. The third-order valence-electron chi connectivity index (χ3n) is 9.30. The summed E-state index contributed by atoms with van der Waals surface area (Å²) in [5, 5.41) is 5.89. The van der Waals surface area contributed by atoms with Gasteiger partial charge in [-0.05, 0) is 68.2 Å². The molecule has 1 heterocycles. The molecule has 0 spiro atoms. The summed E-state index contributed by atoms with van der Waals surface area (Å²) < 4.78 is 17.9. The Balaban J connectivity index is 1.71. The second kappa shape index (κ2) is 15.0. The van der Waals surface area contributed by atoms with Gasteiger partial charge in [0.1, 0.15) is 0 Å². The normalized spacial score (nSPS) is 16.9. The molecule has 3 aromatic rings. The molecule has 0 aliphatic carbocycles. The van der Waals surface area contributed by atoms with Gasteiger partial charge in [-0.25, -0.2) is 4.79 Å². The SMILES string of the molecule is CCOC(CN1C(=O)C(NC(=O)Nc2ccc(CO[Si](C)(C)C(C)(C)C)cc2)(C(C(N)=O)c2ccc(C)cc2)c2ccccc21)OCC. The van der Waals surface area contributed by atoms with Crippen LogP contribution in [0.4, 0.5) is 16.2 Å². The molecule has 10 nitrogen and oxygen atoms in total. The Bertz CT molecular complexity index is 1580. The monoisotopic (exact) mass is 674 g/mol. The smallest absolute Gasteiger partial charge is 0.320 e. The Morgan fingerprint density at radius 2 is 1.54 bits per heavy atom. The predicted molar refractivity (Wildman–Crippen MR) is 191 cm³/mol. The van der Waals surface area contributed by atoms with Crippen LogP contribution in [0.5, 0.6) is 0 Å². The molecule has 0 aromatic heterocycles. The molecule has 0 saturated heterocycles. The highest BCUT2D eigenvalue weighted by molar-refractivity contribution is 6.74. The number of carbonyl (C=O) groups excluding carboxylic acids is 3. The van der Waals surface area contributed by atoms with Crippen molar-refractivity contribution in [3.05, 3.63) is 95.1 Å². The third kappa shape index (κ3) is 7.81. The first-order valence-corrected chi connectivity index (χ1v) is 19.4. The van der Waals surface area contributed by atoms with Crippen LogP contribution in [-0.4, -0.2) is 52.2 Å². The van der Waals surface area contributed by atoms with Gasteiger partial charge in [0.15, 0.2) is 20.1 Å². The third-order valence-corrected chi connectivity index (χ3v) is 13.8. The molecular formula is C37H50N4O6Si. The largest absolute Gasteiger partial charge is 0.413 e. The highest BCUT2D eigenvalue weighted by Gasteiger charge is 2.59. The number of urea groups is 1. The molecule has 0 bridgehead atoms. The van der Waals surface area contributed by atoms with Crippen molar-refractivity contribution in [1.29, 1.82) is 0 Å². The lowest BCUT2D eigenvalue weighted by Gasteiger charge is -2.36. The summed E-state index contributed by atoms with van der Waals surface area (Å²) in [6, 6.07) is 21.0. The Morgan fingerprint density at radius 3 is 2.10 bits per heavy atom. The van der Waals surface area contributed by atoms with Gasteiger partial charge in [0.2, 0.25) is 5.91 Å². The summed E-state index contributed by atoms with van der Waals surface area (Å²) >= 11 is 0. The van der Waals surface area contributed by atoms with Crippen molar-refractivity contribution in [2.24, 2.45) is 5.73 Å². The van der Waals surface area contributed by atoms with Crippen molar-refractivity contribution < 1.29 is 28.3 Å². The topological polar surface area (TPSA) is 132 Å². The first-order chi connectivity index (χ1) is 22.6. The zero-order chi connectivity index (χ0) is 35.3. The van der Waals surface area contributed by atoms with Gasteiger partial charge in [-0.1, -0.05) is 80.9 Å². The number of carbonyl (C=O) groups is 3. The van der Waals surface area contributed by atoms with E-state index in [1.165, 1.54) is 4.90 Å². The minimum Gasteiger partial charge on any atom is -0.413 e. The fourth-order valence-corrected chi connectivity index (χ4v) is 6.66. The summed E-state index contributed by atoms with van der Waals surface area (Å²) in [4.78, 5) is 43.7. The highest BCUT2D eigenvalue weighted by atomic mass is 28.4. The predicted octanol–water partition coefficient (Wildman–Crippen LogP) is 6.55. The van der Waals surface area contributed by atoms with E-state index >= 15 is 0 Å².